The maximum absolute atomic E-state index is 12.8. The average Bonchev–Trinajstić information content (AvgIpc) is 3.08. The molecule has 0 saturated carbocycles. The van der Waals surface area contributed by atoms with Crippen LogP contribution in [0.4, 0.5) is 5.69 Å². The molecule has 5 nitrogen and oxygen atoms in total. The van der Waals surface area contributed by atoms with Crippen molar-refractivity contribution in [3.05, 3.63) is 29.3 Å². The predicted molar refractivity (Wildman–Crippen MR) is 93.4 cm³/mol. The van der Waals surface area contributed by atoms with Crippen molar-refractivity contribution in [2.45, 2.75) is 39.2 Å². The summed E-state index contributed by atoms with van der Waals surface area (Å²) in [4.78, 5) is 26.8. The Hall–Kier alpha value is -1.88. The van der Waals surface area contributed by atoms with E-state index in [-0.39, 0.29) is 23.7 Å². The van der Waals surface area contributed by atoms with Crippen molar-refractivity contribution in [2.24, 2.45) is 5.92 Å². The summed E-state index contributed by atoms with van der Waals surface area (Å²) in [5.74, 6) is 0.0520. The molecule has 0 bridgehead atoms. The standard InChI is InChI=1S/C19H26N2O3/c1-3-24-19(23)14-7-10-21(11-8-14)13(2)18(22)16-4-5-17-15(12-16)6-9-20-17/h4-5,12-14,20H,3,6-11H2,1-2H3. The molecule has 0 radical (unpaired) electrons. The smallest absolute Gasteiger partial charge is 0.309 e. The first-order valence-corrected chi connectivity index (χ1v) is 8.92. The molecular weight excluding hydrogens is 304 g/mol. The number of carbonyl (C=O) groups excluding carboxylic acids is 2. The number of piperidine rings is 1. The summed E-state index contributed by atoms with van der Waals surface area (Å²) in [5, 5.41) is 3.32. The number of ketones is 1. The lowest BCUT2D eigenvalue weighted by molar-refractivity contribution is -0.149. The molecule has 1 unspecified atom stereocenters. The average molecular weight is 330 g/mol. The molecule has 1 aromatic rings. The van der Waals surface area contributed by atoms with Crippen LogP contribution < -0.4 is 5.32 Å². The number of Topliss-reactive ketones (excluding diaryl/α,β-unsaturated/α-hetero) is 1. The number of carbonyl (C=O) groups is 2. The SMILES string of the molecule is CCOC(=O)C1CCN(C(C)C(=O)c2ccc3c(c2)CCN3)CC1. The van der Waals surface area contributed by atoms with Gasteiger partial charge in [0.15, 0.2) is 5.78 Å². The van der Waals surface area contributed by atoms with Crippen molar-refractivity contribution in [1.29, 1.82) is 0 Å². The van der Waals surface area contributed by atoms with Crippen LogP contribution in [-0.2, 0) is 16.0 Å². The summed E-state index contributed by atoms with van der Waals surface area (Å²) >= 11 is 0. The molecule has 1 fully saturated rings. The van der Waals surface area contributed by atoms with Crippen LogP contribution in [-0.4, -0.2) is 48.9 Å². The Labute approximate surface area is 143 Å². The third-order valence-electron chi connectivity index (χ3n) is 5.18. The van der Waals surface area contributed by atoms with Gasteiger partial charge in [0.1, 0.15) is 0 Å². The molecule has 0 amide bonds. The minimum absolute atomic E-state index is 0.0189. The zero-order valence-electron chi connectivity index (χ0n) is 14.5. The molecule has 0 spiro atoms. The van der Waals surface area contributed by atoms with Gasteiger partial charge in [0.25, 0.3) is 0 Å². The van der Waals surface area contributed by atoms with Crippen molar-refractivity contribution in [1.82, 2.24) is 4.90 Å². The van der Waals surface area contributed by atoms with Gasteiger partial charge < -0.3 is 10.1 Å². The lowest BCUT2D eigenvalue weighted by Crippen LogP contribution is -2.45. The van der Waals surface area contributed by atoms with E-state index in [2.05, 4.69) is 10.2 Å². The number of hydrogen-bond acceptors (Lipinski definition) is 5. The highest BCUT2D eigenvalue weighted by Gasteiger charge is 2.31. The minimum atomic E-state index is -0.152. The van der Waals surface area contributed by atoms with E-state index >= 15 is 0 Å². The van der Waals surface area contributed by atoms with Crippen molar-refractivity contribution in [3.8, 4) is 0 Å². The first kappa shape index (κ1) is 17.0. The Morgan fingerprint density at radius 1 is 1.33 bits per heavy atom. The van der Waals surface area contributed by atoms with Crippen LogP contribution in [0.25, 0.3) is 0 Å². The lowest BCUT2D eigenvalue weighted by atomic mass is 9.94. The normalized spacial score (nSPS) is 19.4. The maximum Gasteiger partial charge on any atom is 0.309 e. The molecule has 1 N–H and O–H groups in total. The Bertz CT molecular complexity index is 621. The van der Waals surface area contributed by atoms with Crippen LogP contribution >= 0.6 is 0 Å². The summed E-state index contributed by atoms with van der Waals surface area (Å²) in [6, 6.07) is 5.80. The summed E-state index contributed by atoms with van der Waals surface area (Å²) in [7, 11) is 0. The van der Waals surface area contributed by atoms with E-state index < -0.39 is 0 Å². The Kier molecular flexibility index (Phi) is 5.19. The number of anilines is 1. The van der Waals surface area contributed by atoms with E-state index in [1.54, 1.807) is 0 Å². The van der Waals surface area contributed by atoms with Crippen molar-refractivity contribution >= 4 is 17.4 Å². The number of benzene rings is 1. The third-order valence-corrected chi connectivity index (χ3v) is 5.18. The highest BCUT2D eigenvalue weighted by Crippen LogP contribution is 2.25. The van der Waals surface area contributed by atoms with Crippen LogP contribution in [0.5, 0.6) is 0 Å². The van der Waals surface area contributed by atoms with E-state index in [0.717, 1.165) is 50.1 Å². The van der Waals surface area contributed by atoms with Gasteiger partial charge in [-0.15, -0.1) is 0 Å². The molecule has 2 aliphatic heterocycles. The lowest BCUT2D eigenvalue weighted by Gasteiger charge is -2.34. The van der Waals surface area contributed by atoms with Gasteiger partial charge in [-0.2, -0.15) is 0 Å². The fraction of sp³-hybridized carbons (Fsp3) is 0.579. The molecule has 1 atom stereocenters. The molecule has 0 aliphatic carbocycles. The van der Waals surface area contributed by atoms with Crippen molar-refractivity contribution < 1.29 is 14.3 Å². The summed E-state index contributed by atoms with van der Waals surface area (Å²) < 4.78 is 5.11. The van der Waals surface area contributed by atoms with Crippen LogP contribution in [0.15, 0.2) is 18.2 Å². The molecule has 1 saturated heterocycles. The largest absolute Gasteiger partial charge is 0.466 e. The molecule has 5 heteroatoms. The molecule has 3 rings (SSSR count). The van der Waals surface area contributed by atoms with E-state index in [1.165, 1.54) is 5.56 Å². The van der Waals surface area contributed by atoms with Crippen LogP contribution in [0.2, 0.25) is 0 Å². The predicted octanol–water partition coefficient (Wildman–Crippen LogP) is 2.50. The summed E-state index contributed by atoms with van der Waals surface area (Å²) in [6.07, 6.45) is 2.52. The minimum Gasteiger partial charge on any atom is -0.466 e. The Morgan fingerprint density at radius 3 is 2.79 bits per heavy atom. The van der Waals surface area contributed by atoms with Gasteiger partial charge in [-0.1, -0.05) is 0 Å². The maximum atomic E-state index is 12.8. The van der Waals surface area contributed by atoms with E-state index in [0.29, 0.717) is 6.61 Å². The van der Waals surface area contributed by atoms with Gasteiger partial charge in [0, 0.05) is 17.8 Å². The van der Waals surface area contributed by atoms with Crippen LogP contribution in [0, 0.1) is 5.92 Å². The molecule has 24 heavy (non-hydrogen) atoms. The number of nitrogens with zero attached hydrogens (tertiary/aromatic N) is 1. The van der Waals surface area contributed by atoms with Gasteiger partial charge in [-0.3, -0.25) is 14.5 Å². The number of esters is 1. The van der Waals surface area contributed by atoms with E-state index in [4.69, 9.17) is 4.74 Å². The zero-order valence-corrected chi connectivity index (χ0v) is 14.5. The second-order valence-electron chi connectivity index (χ2n) is 6.65. The number of rotatable bonds is 5. The monoisotopic (exact) mass is 330 g/mol. The molecule has 2 aliphatic rings. The zero-order chi connectivity index (χ0) is 17.1. The quantitative estimate of drug-likeness (QED) is 0.664. The number of fused-ring (bicyclic) bond motifs is 1. The Morgan fingerprint density at radius 2 is 2.08 bits per heavy atom. The van der Waals surface area contributed by atoms with Crippen molar-refractivity contribution in [2.75, 3.05) is 31.6 Å². The van der Waals surface area contributed by atoms with Crippen LogP contribution in [0.3, 0.4) is 0 Å². The van der Waals surface area contributed by atoms with E-state index in [1.807, 2.05) is 32.0 Å². The van der Waals surface area contributed by atoms with Crippen LogP contribution in [0.1, 0.15) is 42.6 Å². The van der Waals surface area contributed by atoms with Gasteiger partial charge >= 0.3 is 5.97 Å². The number of ether oxygens (including phenoxy) is 1. The first-order chi connectivity index (χ1) is 11.6. The fourth-order valence-electron chi connectivity index (χ4n) is 3.65. The topological polar surface area (TPSA) is 58.6 Å². The molecule has 1 aromatic carbocycles. The highest BCUT2D eigenvalue weighted by atomic mass is 16.5. The van der Waals surface area contributed by atoms with Gasteiger partial charge in [0.2, 0.25) is 0 Å². The van der Waals surface area contributed by atoms with Crippen molar-refractivity contribution in [3.63, 3.8) is 0 Å². The van der Waals surface area contributed by atoms with Gasteiger partial charge in [-0.25, -0.2) is 0 Å². The Balaban J connectivity index is 1.60. The fourth-order valence-corrected chi connectivity index (χ4v) is 3.65. The number of nitrogens with one attached hydrogen (secondary N) is 1. The summed E-state index contributed by atoms with van der Waals surface area (Å²) in [6.45, 7) is 6.72. The van der Waals surface area contributed by atoms with Gasteiger partial charge in [-0.05, 0) is 70.0 Å². The van der Waals surface area contributed by atoms with E-state index in [9.17, 15) is 9.59 Å². The second kappa shape index (κ2) is 7.34. The summed E-state index contributed by atoms with van der Waals surface area (Å²) in [5.41, 5.74) is 3.17. The molecule has 0 aromatic heterocycles. The number of likely N-dealkylation sites (tertiary alicyclic amines) is 1. The highest BCUT2D eigenvalue weighted by molar-refractivity contribution is 6.00. The molecular formula is C19H26N2O3. The van der Waals surface area contributed by atoms with Gasteiger partial charge in [0.05, 0.1) is 18.6 Å². The first-order valence-electron chi connectivity index (χ1n) is 8.92. The third kappa shape index (κ3) is 3.46. The molecule has 130 valence electrons. The molecule has 2 heterocycles. The second-order valence-corrected chi connectivity index (χ2v) is 6.65. The number of hydrogen-bond donors (Lipinski definition) is 1.